The summed E-state index contributed by atoms with van der Waals surface area (Å²) in [6.07, 6.45) is 0. The molecule has 4 nitrogen and oxygen atoms in total. The second-order valence-corrected chi connectivity index (χ2v) is 5.54. The van der Waals surface area contributed by atoms with E-state index in [-0.39, 0.29) is 23.5 Å². The van der Waals surface area contributed by atoms with Crippen LogP contribution in [0.5, 0.6) is 0 Å². The fourth-order valence-corrected chi connectivity index (χ4v) is 2.39. The van der Waals surface area contributed by atoms with Gasteiger partial charge in [0.25, 0.3) is 0 Å². The molecular formula is C13H16ClNO3S. The summed E-state index contributed by atoms with van der Waals surface area (Å²) < 4.78 is 0. The van der Waals surface area contributed by atoms with E-state index in [0.717, 1.165) is 17.3 Å². The van der Waals surface area contributed by atoms with Crippen molar-refractivity contribution in [2.45, 2.75) is 13.0 Å². The number of rotatable bonds is 6. The van der Waals surface area contributed by atoms with Gasteiger partial charge in [-0.25, -0.2) is 0 Å². The van der Waals surface area contributed by atoms with Gasteiger partial charge in [-0.2, -0.15) is 0 Å². The lowest BCUT2D eigenvalue weighted by atomic mass is 10.1. The van der Waals surface area contributed by atoms with E-state index in [1.54, 1.807) is 18.0 Å². The Balaban J connectivity index is 2.58. The number of carbonyl (C=O) groups excluding carboxylic acids is 1. The van der Waals surface area contributed by atoms with E-state index in [1.807, 2.05) is 25.1 Å². The minimum atomic E-state index is -0.914. The molecule has 1 aromatic rings. The predicted molar refractivity (Wildman–Crippen MR) is 77.6 cm³/mol. The molecule has 104 valence electrons. The first-order chi connectivity index (χ1) is 8.91. The maximum absolute atomic E-state index is 11.9. The van der Waals surface area contributed by atoms with Gasteiger partial charge in [-0.3, -0.25) is 9.59 Å². The molecule has 1 atom stereocenters. The number of amides is 1. The van der Waals surface area contributed by atoms with Crippen LogP contribution in [0.15, 0.2) is 24.3 Å². The Labute approximate surface area is 121 Å². The maximum atomic E-state index is 11.9. The summed E-state index contributed by atoms with van der Waals surface area (Å²) in [6, 6.07) is 7.25. The number of carboxylic acids is 1. The zero-order chi connectivity index (χ0) is 14.4. The van der Waals surface area contributed by atoms with E-state index in [4.69, 9.17) is 16.7 Å². The third-order valence-electron chi connectivity index (χ3n) is 2.76. The van der Waals surface area contributed by atoms with Gasteiger partial charge in [-0.15, -0.1) is 11.8 Å². The monoisotopic (exact) mass is 301 g/mol. The van der Waals surface area contributed by atoms with Gasteiger partial charge in [0.15, 0.2) is 0 Å². The molecule has 0 bridgehead atoms. The van der Waals surface area contributed by atoms with Crippen molar-refractivity contribution in [3.8, 4) is 0 Å². The van der Waals surface area contributed by atoms with Crippen molar-refractivity contribution in [2.75, 3.05) is 18.6 Å². The molecular weight excluding hydrogens is 286 g/mol. The molecule has 19 heavy (non-hydrogen) atoms. The minimum Gasteiger partial charge on any atom is -0.481 e. The molecule has 0 aliphatic rings. The van der Waals surface area contributed by atoms with Crippen LogP contribution in [0.3, 0.4) is 0 Å². The van der Waals surface area contributed by atoms with Crippen molar-refractivity contribution in [1.29, 1.82) is 0 Å². The van der Waals surface area contributed by atoms with Crippen LogP contribution in [-0.2, 0) is 9.59 Å². The highest BCUT2D eigenvalue weighted by molar-refractivity contribution is 8.00. The van der Waals surface area contributed by atoms with E-state index < -0.39 is 5.97 Å². The van der Waals surface area contributed by atoms with Gasteiger partial charge in [-0.1, -0.05) is 23.7 Å². The number of carbonyl (C=O) groups is 2. The van der Waals surface area contributed by atoms with Gasteiger partial charge >= 0.3 is 5.97 Å². The van der Waals surface area contributed by atoms with Crippen molar-refractivity contribution in [3.05, 3.63) is 34.9 Å². The van der Waals surface area contributed by atoms with Gasteiger partial charge in [0, 0.05) is 12.1 Å². The van der Waals surface area contributed by atoms with E-state index in [9.17, 15) is 9.59 Å². The molecule has 0 fully saturated rings. The van der Waals surface area contributed by atoms with Crippen LogP contribution in [0, 0.1) is 0 Å². The highest BCUT2D eigenvalue weighted by atomic mass is 35.5. The first-order valence-corrected chi connectivity index (χ1v) is 7.25. The maximum Gasteiger partial charge on any atom is 0.313 e. The molecule has 6 heteroatoms. The fraction of sp³-hybridized carbons (Fsp3) is 0.385. The van der Waals surface area contributed by atoms with Crippen LogP contribution < -0.4 is 0 Å². The van der Waals surface area contributed by atoms with Crippen LogP contribution in [-0.4, -0.2) is 40.4 Å². The molecule has 0 spiro atoms. The highest BCUT2D eigenvalue weighted by Crippen LogP contribution is 2.22. The van der Waals surface area contributed by atoms with Crippen molar-refractivity contribution < 1.29 is 14.7 Å². The molecule has 1 unspecified atom stereocenters. The summed E-state index contributed by atoms with van der Waals surface area (Å²) in [6.45, 7) is 1.91. The number of aliphatic carboxylic acids is 1. The Morgan fingerprint density at radius 1 is 1.42 bits per heavy atom. The molecule has 1 amide bonds. The number of nitrogens with zero attached hydrogens (tertiary/aromatic N) is 1. The molecule has 0 heterocycles. The lowest BCUT2D eigenvalue weighted by Crippen LogP contribution is -2.31. The number of hydrogen-bond donors (Lipinski definition) is 1. The quantitative estimate of drug-likeness (QED) is 0.877. The van der Waals surface area contributed by atoms with Gasteiger partial charge in [0.05, 0.1) is 17.5 Å². The van der Waals surface area contributed by atoms with Crippen molar-refractivity contribution in [2.24, 2.45) is 0 Å². The van der Waals surface area contributed by atoms with Gasteiger partial charge < -0.3 is 10.0 Å². The first kappa shape index (κ1) is 15.9. The smallest absolute Gasteiger partial charge is 0.313 e. The summed E-state index contributed by atoms with van der Waals surface area (Å²) in [4.78, 5) is 23.9. The number of benzene rings is 1. The molecule has 0 aliphatic heterocycles. The third kappa shape index (κ3) is 5.12. The van der Waals surface area contributed by atoms with E-state index in [0.29, 0.717) is 5.02 Å². The van der Waals surface area contributed by atoms with Crippen LogP contribution in [0.2, 0.25) is 5.02 Å². The van der Waals surface area contributed by atoms with Crippen LogP contribution in [0.4, 0.5) is 0 Å². The third-order valence-corrected chi connectivity index (χ3v) is 3.89. The van der Waals surface area contributed by atoms with Crippen molar-refractivity contribution in [1.82, 2.24) is 4.90 Å². The summed E-state index contributed by atoms with van der Waals surface area (Å²) in [5.41, 5.74) is 0.951. The van der Waals surface area contributed by atoms with E-state index >= 15 is 0 Å². The van der Waals surface area contributed by atoms with Crippen LogP contribution >= 0.6 is 23.4 Å². The van der Waals surface area contributed by atoms with Gasteiger partial charge in [0.2, 0.25) is 5.91 Å². The Morgan fingerprint density at radius 3 is 2.68 bits per heavy atom. The Morgan fingerprint density at radius 2 is 2.11 bits per heavy atom. The molecule has 0 saturated carbocycles. The number of hydrogen-bond acceptors (Lipinski definition) is 3. The van der Waals surface area contributed by atoms with Gasteiger partial charge in [-0.05, 0) is 24.6 Å². The second-order valence-electron chi connectivity index (χ2n) is 4.12. The summed E-state index contributed by atoms with van der Waals surface area (Å²) in [5.74, 6) is -0.916. The topological polar surface area (TPSA) is 57.6 Å². The molecule has 1 aromatic carbocycles. The first-order valence-electron chi connectivity index (χ1n) is 5.72. The lowest BCUT2D eigenvalue weighted by Gasteiger charge is -2.25. The zero-order valence-corrected chi connectivity index (χ0v) is 12.4. The zero-order valence-electron chi connectivity index (χ0n) is 10.8. The molecule has 1 N–H and O–H groups in total. The lowest BCUT2D eigenvalue weighted by molar-refractivity contribution is -0.133. The number of thioether (sulfide) groups is 1. The van der Waals surface area contributed by atoms with Crippen LogP contribution in [0.25, 0.3) is 0 Å². The number of halogens is 1. The van der Waals surface area contributed by atoms with Gasteiger partial charge in [0.1, 0.15) is 0 Å². The molecule has 0 aliphatic carbocycles. The average Bonchev–Trinajstić information content (AvgIpc) is 2.36. The highest BCUT2D eigenvalue weighted by Gasteiger charge is 2.17. The predicted octanol–water partition coefficient (Wildman–Crippen LogP) is 2.68. The number of carboxylic acid groups (broad SMARTS) is 1. The Hall–Kier alpha value is -1.20. The summed E-state index contributed by atoms with van der Waals surface area (Å²) >= 11 is 7.02. The summed E-state index contributed by atoms with van der Waals surface area (Å²) in [7, 11) is 1.70. The Bertz CT molecular complexity index is 467. The fourth-order valence-electron chi connectivity index (χ4n) is 1.53. The minimum absolute atomic E-state index is 0.0644. The van der Waals surface area contributed by atoms with E-state index in [2.05, 4.69) is 0 Å². The second kappa shape index (κ2) is 7.40. The molecule has 0 saturated heterocycles. The summed E-state index contributed by atoms with van der Waals surface area (Å²) in [5, 5.41) is 9.15. The standard InChI is InChI=1S/C13H16ClNO3S/c1-9(10-4-3-5-11(14)6-10)15(2)12(16)7-19-8-13(17)18/h3-6,9H,7-8H2,1-2H3,(H,17,18). The van der Waals surface area contributed by atoms with Crippen molar-refractivity contribution >= 4 is 35.2 Å². The molecule has 1 rings (SSSR count). The average molecular weight is 302 g/mol. The SMILES string of the molecule is CC(c1cccc(Cl)c1)N(C)C(=O)CSCC(=O)O. The van der Waals surface area contributed by atoms with Crippen LogP contribution in [0.1, 0.15) is 18.5 Å². The molecule has 0 radical (unpaired) electrons. The molecule has 0 aromatic heterocycles. The van der Waals surface area contributed by atoms with Crippen molar-refractivity contribution in [3.63, 3.8) is 0 Å². The largest absolute Gasteiger partial charge is 0.481 e. The normalized spacial score (nSPS) is 11.9. The van der Waals surface area contributed by atoms with E-state index in [1.165, 1.54) is 0 Å². The Kier molecular flexibility index (Phi) is 6.18.